The molecule has 0 atom stereocenters. The van der Waals surface area contributed by atoms with Crippen LogP contribution in [0.25, 0.3) is 0 Å². The molecule has 0 heterocycles. The number of hydrogen-bond acceptors (Lipinski definition) is 2. The summed E-state index contributed by atoms with van der Waals surface area (Å²) in [6.07, 6.45) is 0. The standard InChI is InChI=1S/C16H12Cl2O4/c17-14(18)13(9-1-5-11(6-2-9)15(19)20)10-3-7-12(8-4-10)16(21)22/h1-8,13-14H,(H,19,20)(H,21,22). The van der Waals surface area contributed by atoms with Gasteiger partial charge in [-0.2, -0.15) is 0 Å². The van der Waals surface area contributed by atoms with Gasteiger partial charge in [-0.05, 0) is 35.4 Å². The Bertz CT molecular complexity index is 621. The van der Waals surface area contributed by atoms with Gasteiger partial charge in [0.15, 0.2) is 0 Å². The van der Waals surface area contributed by atoms with Gasteiger partial charge in [0.2, 0.25) is 0 Å². The molecule has 2 N–H and O–H groups in total. The minimum Gasteiger partial charge on any atom is -0.478 e. The smallest absolute Gasteiger partial charge is 0.335 e. The predicted octanol–water partition coefficient (Wildman–Crippen LogP) is 4.02. The summed E-state index contributed by atoms with van der Waals surface area (Å²) >= 11 is 12.1. The third kappa shape index (κ3) is 3.59. The van der Waals surface area contributed by atoms with Crippen LogP contribution in [-0.2, 0) is 0 Å². The van der Waals surface area contributed by atoms with Crippen LogP contribution in [0.2, 0.25) is 0 Å². The van der Waals surface area contributed by atoms with Crippen LogP contribution in [0.15, 0.2) is 48.5 Å². The van der Waals surface area contributed by atoms with E-state index in [4.69, 9.17) is 33.4 Å². The van der Waals surface area contributed by atoms with Crippen molar-refractivity contribution in [1.82, 2.24) is 0 Å². The molecule has 0 fully saturated rings. The second-order valence-electron chi connectivity index (χ2n) is 4.67. The second kappa shape index (κ2) is 6.81. The summed E-state index contributed by atoms with van der Waals surface area (Å²) < 4.78 is 0. The molecule has 0 unspecified atom stereocenters. The number of hydrogen-bond donors (Lipinski definition) is 2. The Morgan fingerprint density at radius 1 is 0.727 bits per heavy atom. The van der Waals surface area contributed by atoms with E-state index in [-0.39, 0.29) is 17.0 Å². The lowest BCUT2D eigenvalue weighted by atomic mass is 9.91. The molecule has 0 radical (unpaired) electrons. The second-order valence-corrected chi connectivity index (χ2v) is 5.83. The van der Waals surface area contributed by atoms with Gasteiger partial charge in [0.25, 0.3) is 0 Å². The van der Waals surface area contributed by atoms with Crippen LogP contribution >= 0.6 is 23.2 Å². The Labute approximate surface area is 136 Å². The van der Waals surface area contributed by atoms with E-state index in [0.717, 1.165) is 11.1 Å². The van der Waals surface area contributed by atoms with Crippen LogP contribution in [0.4, 0.5) is 0 Å². The zero-order valence-corrected chi connectivity index (χ0v) is 12.8. The van der Waals surface area contributed by atoms with Crippen molar-refractivity contribution in [2.75, 3.05) is 0 Å². The third-order valence-corrected chi connectivity index (χ3v) is 3.79. The largest absolute Gasteiger partial charge is 0.478 e. The van der Waals surface area contributed by atoms with Crippen LogP contribution in [0.1, 0.15) is 37.8 Å². The number of benzene rings is 2. The molecule has 0 spiro atoms. The van der Waals surface area contributed by atoms with Crippen molar-refractivity contribution in [1.29, 1.82) is 0 Å². The fourth-order valence-corrected chi connectivity index (χ4v) is 2.73. The molecule has 0 aliphatic carbocycles. The molecule has 22 heavy (non-hydrogen) atoms. The lowest BCUT2D eigenvalue weighted by molar-refractivity contribution is 0.0686. The van der Waals surface area contributed by atoms with Crippen molar-refractivity contribution in [2.45, 2.75) is 10.8 Å². The summed E-state index contributed by atoms with van der Waals surface area (Å²) in [6, 6.07) is 12.5. The first-order valence-corrected chi connectivity index (χ1v) is 7.22. The average Bonchev–Trinajstić information content (AvgIpc) is 2.48. The van der Waals surface area contributed by atoms with E-state index in [1.807, 2.05) is 0 Å². The molecule has 6 heteroatoms. The van der Waals surface area contributed by atoms with Crippen LogP contribution < -0.4 is 0 Å². The topological polar surface area (TPSA) is 74.6 Å². The molecule has 0 aromatic heterocycles. The molecular formula is C16H12Cl2O4. The minimum atomic E-state index is -1.01. The van der Waals surface area contributed by atoms with Crippen molar-refractivity contribution in [3.05, 3.63) is 70.8 Å². The summed E-state index contributed by atoms with van der Waals surface area (Å²) in [5.41, 5.74) is 1.85. The van der Waals surface area contributed by atoms with Crippen LogP contribution in [0.3, 0.4) is 0 Å². The van der Waals surface area contributed by atoms with E-state index >= 15 is 0 Å². The van der Waals surface area contributed by atoms with Gasteiger partial charge < -0.3 is 10.2 Å². The SMILES string of the molecule is O=C(O)c1ccc(C(c2ccc(C(=O)O)cc2)C(Cl)Cl)cc1. The Balaban J connectivity index is 2.37. The quantitative estimate of drug-likeness (QED) is 0.807. The molecule has 2 aromatic carbocycles. The van der Waals surface area contributed by atoms with E-state index in [1.165, 1.54) is 24.3 Å². The highest BCUT2D eigenvalue weighted by Gasteiger charge is 2.22. The molecule has 0 saturated heterocycles. The first-order valence-electron chi connectivity index (χ1n) is 6.35. The number of aromatic carboxylic acids is 2. The van der Waals surface area contributed by atoms with Crippen molar-refractivity contribution in [3.8, 4) is 0 Å². The lowest BCUT2D eigenvalue weighted by Crippen LogP contribution is -2.10. The maximum atomic E-state index is 10.9. The molecule has 114 valence electrons. The van der Waals surface area contributed by atoms with Gasteiger partial charge in [-0.3, -0.25) is 0 Å². The average molecular weight is 339 g/mol. The molecule has 4 nitrogen and oxygen atoms in total. The highest BCUT2D eigenvalue weighted by atomic mass is 35.5. The molecule has 2 aromatic rings. The Morgan fingerprint density at radius 3 is 1.27 bits per heavy atom. The van der Waals surface area contributed by atoms with E-state index < -0.39 is 16.8 Å². The highest BCUT2D eigenvalue weighted by Crippen LogP contribution is 2.33. The normalized spacial score (nSPS) is 10.9. The van der Waals surface area contributed by atoms with Gasteiger partial charge in [0.05, 0.1) is 11.1 Å². The number of carboxylic acid groups (broad SMARTS) is 2. The third-order valence-electron chi connectivity index (χ3n) is 3.29. The minimum absolute atomic E-state index is 0.171. The first kappa shape index (κ1) is 16.3. The van der Waals surface area contributed by atoms with Crippen molar-refractivity contribution >= 4 is 35.1 Å². The van der Waals surface area contributed by atoms with E-state index in [1.54, 1.807) is 24.3 Å². The van der Waals surface area contributed by atoms with Gasteiger partial charge in [-0.1, -0.05) is 24.3 Å². The van der Waals surface area contributed by atoms with Gasteiger partial charge in [-0.25, -0.2) is 9.59 Å². The van der Waals surface area contributed by atoms with Crippen LogP contribution in [0.5, 0.6) is 0 Å². The molecule has 2 rings (SSSR count). The summed E-state index contributed by atoms with van der Waals surface area (Å²) in [7, 11) is 0. The number of carboxylic acids is 2. The Hall–Kier alpha value is -2.04. The summed E-state index contributed by atoms with van der Waals surface area (Å²) in [5.74, 6) is -2.40. The summed E-state index contributed by atoms with van der Waals surface area (Å²) in [5, 5.41) is 17.8. The number of halogens is 2. The fraction of sp³-hybridized carbons (Fsp3) is 0.125. The molecule has 0 saturated carbocycles. The molecule has 0 aliphatic heterocycles. The maximum absolute atomic E-state index is 10.9. The predicted molar refractivity (Wildman–Crippen MR) is 84.1 cm³/mol. The zero-order valence-electron chi connectivity index (χ0n) is 11.2. The summed E-state index contributed by atoms with van der Waals surface area (Å²) in [6.45, 7) is 0. The Kier molecular flexibility index (Phi) is 5.06. The fourth-order valence-electron chi connectivity index (χ4n) is 2.15. The summed E-state index contributed by atoms with van der Waals surface area (Å²) in [4.78, 5) is 21.0. The molecule has 0 amide bonds. The van der Waals surface area contributed by atoms with Gasteiger partial charge in [-0.15, -0.1) is 23.2 Å². The van der Waals surface area contributed by atoms with Crippen LogP contribution in [-0.4, -0.2) is 27.0 Å². The molecule has 0 bridgehead atoms. The van der Waals surface area contributed by atoms with Gasteiger partial charge in [0, 0.05) is 5.92 Å². The van der Waals surface area contributed by atoms with Crippen molar-refractivity contribution in [2.24, 2.45) is 0 Å². The van der Waals surface area contributed by atoms with E-state index in [9.17, 15) is 9.59 Å². The van der Waals surface area contributed by atoms with Crippen LogP contribution in [0, 0.1) is 0 Å². The van der Waals surface area contributed by atoms with Gasteiger partial charge >= 0.3 is 11.9 Å². The van der Waals surface area contributed by atoms with Gasteiger partial charge in [0.1, 0.15) is 4.84 Å². The highest BCUT2D eigenvalue weighted by molar-refractivity contribution is 6.45. The first-order chi connectivity index (χ1) is 10.4. The number of alkyl halides is 2. The number of carbonyl (C=O) groups is 2. The van der Waals surface area contributed by atoms with E-state index in [2.05, 4.69) is 0 Å². The maximum Gasteiger partial charge on any atom is 0.335 e. The van der Waals surface area contributed by atoms with E-state index in [0.29, 0.717) is 0 Å². The van der Waals surface area contributed by atoms with Crippen molar-refractivity contribution < 1.29 is 19.8 Å². The van der Waals surface area contributed by atoms with Crippen molar-refractivity contribution in [3.63, 3.8) is 0 Å². The Morgan fingerprint density at radius 2 is 1.05 bits per heavy atom. The molecule has 0 aliphatic rings. The molecular weight excluding hydrogens is 327 g/mol. The monoisotopic (exact) mass is 338 g/mol. The zero-order chi connectivity index (χ0) is 16.3. The number of rotatable bonds is 5. The lowest BCUT2D eigenvalue weighted by Gasteiger charge is -2.19.